The number of unbranched alkanes of at least 4 members (excludes halogenated alkanes) is 28. The molecule has 0 amide bonds. The molecule has 0 aromatic rings. The van der Waals surface area contributed by atoms with Crippen molar-refractivity contribution in [2.45, 2.75) is 290 Å². The summed E-state index contributed by atoms with van der Waals surface area (Å²) in [5.41, 5.74) is 0. The first-order valence-electron chi connectivity index (χ1n) is 29.6. The van der Waals surface area contributed by atoms with Crippen LogP contribution >= 0.6 is 0 Å². The Hall–Kier alpha value is -3.41. The second-order valence-corrected chi connectivity index (χ2v) is 19.5. The minimum Gasteiger partial charge on any atom is -0.462 e. The minimum atomic E-state index is -0.776. The maximum Gasteiger partial charge on any atom is 0.306 e. The summed E-state index contributed by atoms with van der Waals surface area (Å²) in [4.78, 5) is 37.8. The topological polar surface area (TPSA) is 78.9 Å². The highest BCUT2D eigenvalue weighted by atomic mass is 16.6. The Morgan fingerprint density at radius 3 is 0.886 bits per heavy atom. The van der Waals surface area contributed by atoms with Crippen LogP contribution in [0.25, 0.3) is 0 Å². The normalized spacial score (nSPS) is 12.7. The smallest absolute Gasteiger partial charge is 0.306 e. The molecular weight excluding hydrogens is 865 g/mol. The number of allylic oxidation sites excluding steroid dienone is 14. The average Bonchev–Trinajstić information content (AvgIpc) is 3.36. The third-order valence-corrected chi connectivity index (χ3v) is 12.6. The summed E-state index contributed by atoms with van der Waals surface area (Å²) in [5.74, 6) is -0.897. The predicted octanol–water partition coefficient (Wildman–Crippen LogP) is 19.9. The number of carbonyl (C=O) groups excluding carboxylic acids is 3. The zero-order valence-electron chi connectivity index (χ0n) is 46.0. The lowest BCUT2D eigenvalue weighted by molar-refractivity contribution is -0.167. The van der Waals surface area contributed by atoms with E-state index in [0.29, 0.717) is 19.3 Å². The third-order valence-electron chi connectivity index (χ3n) is 12.6. The van der Waals surface area contributed by atoms with E-state index >= 15 is 0 Å². The Morgan fingerprint density at radius 2 is 0.557 bits per heavy atom. The van der Waals surface area contributed by atoms with Crippen LogP contribution in [0.1, 0.15) is 284 Å². The Bertz CT molecular complexity index is 1350. The number of rotatable bonds is 53. The van der Waals surface area contributed by atoms with E-state index in [0.717, 1.165) is 116 Å². The second-order valence-electron chi connectivity index (χ2n) is 19.5. The van der Waals surface area contributed by atoms with Crippen molar-refractivity contribution in [2.24, 2.45) is 0 Å². The summed E-state index contributed by atoms with van der Waals surface area (Å²) in [7, 11) is 0. The highest BCUT2D eigenvalue weighted by molar-refractivity contribution is 5.71. The summed E-state index contributed by atoms with van der Waals surface area (Å²) in [6.07, 6.45) is 76.3. The first-order valence-corrected chi connectivity index (χ1v) is 29.6. The van der Waals surface area contributed by atoms with Crippen molar-refractivity contribution in [3.63, 3.8) is 0 Å². The van der Waals surface area contributed by atoms with E-state index in [1.54, 1.807) is 0 Å². The molecule has 0 radical (unpaired) electrons. The largest absolute Gasteiger partial charge is 0.462 e. The molecule has 0 spiro atoms. The van der Waals surface area contributed by atoms with Gasteiger partial charge in [-0.05, 0) is 96.3 Å². The summed E-state index contributed by atoms with van der Waals surface area (Å²) >= 11 is 0. The first-order chi connectivity index (χ1) is 34.5. The molecule has 0 heterocycles. The van der Waals surface area contributed by atoms with Gasteiger partial charge in [0.15, 0.2) is 6.10 Å². The van der Waals surface area contributed by atoms with Crippen LogP contribution in [0.2, 0.25) is 0 Å². The van der Waals surface area contributed by atoms with Gasteiger partial charge < -0.3 is 14.2 Å². The van der Waals surface area contributed by atoms with E-state index in [1.165, 1.54) is 128 Å². The van der Waals surface area contributed by atoms with Crippen molar-refractivity contribution in [1.82, 2.24) is 0 Å². The number of esters is 3. The van der Waals surface area contributed by atoms with E-state index in [9.17, 15) is 14.4 Å². The van der Waals surface area contributed by atoms with Crippen LogP contribution in [-0.2, 0) is 28.6 Å². The third kappa shape index (κ3) is 55.5. The van der Waals surface area contributed by atoms with Crippen LogP contribution in [0.3, 0.4) is 0 Å². The average molecular weight is 976 g/mol. The SMILES string of the molecule is CC/C=C\C/C=C\C/C=C\C/C=C\C/C=C\C/C=C\CCCCCCCCCCCCCCC(=O)OCC(COC(=O)CCCCCCC)OC(=O)CCCCCCC/C=C\CCCCCCCCC. The molecule has 70 heavy (non-hydrogen) atoms. The maximum absolute atomic E-state index is 12.8. The fraction of sp³-hybridized carbons (Fsp3) is 0.734. The Balaban J connectivity index is 4.03. The molecule has 402 valence electrons. The van der Waals surface area contributed by atoms with Gasteiger partial charge in [-0.1, -0.05) is 254 Å². The molecule has 0 aromatic carbocycles. The molecule has 0 rings (SSSR count). The molecule has 0 N–H and O–H groups in total. The lowest BCUT2D eigenvalue weighted by Gasteiger charge is -2.18. The second kappa shape index (κ2) is 58.2. The molecule has 0 aliphatic rings. The number of carbonyl (C=O) groups is 3. The van der Waals surface area contributed by atoms with Crippen LogP contribution in [0.5, 0.6) is 0 Å². The van der Waals surface area contributed by atoms with Crippen molar-refractivity contribution >= 4 is 17.9 Å². The van der Waals surface area contributed by atoms with Gasteiger partial charge in [0.2, 0.25) is 0 Å². The predicted molar refractivity (Wildman–Crippen MR) is 302 cm³/mol. The lowest BCUT2D eigenvalue weighted by Crippen LogP contribution is -2.30. The Labute approximate surface area is 433 Å². The van der Waals surface area contributed by atoms with Gasteiger partial charge >= 0.3 is 17.9 Å². The molecule has 0 aliphatic heterocycles. The monoisotopic (exact) mass is 975 g/mol. The van der Waals surface area contributed by atoms with E-state index < -0.39 is 6.10 Å². The van der Waals surface area contributed by atoms with Gasteiger partial charge in [0.1, 0.15) is 13.2 Å². The molecule has 0 bridgehead atoms. The molecule has 0 saturated heterocycles. The highest BCUT2D eigenvalue weighted by Gasteiger charge is 2.19. The number of hydrogen-bond donors (Lipinski definition) is 0. The molecule has 1 unspecified atom stereocenters. The van der Waals surface area contributed by atoms with Crippen molar-refractivity contribution in [2.75, 3.05) is 13.2 Å². The Kier molecular flexibility index (Phi) is 55.3. The van der Waals surface area contributed by atoms with Gasteiger partial charge in [0.05, 0.1) is 0 Å². The van der Waals surface area contributed by atoms with Crippen LogP contribution in [-0.4, -0.2) is 37.2 Å². The highest BCUT2D eigenvalue weighted by Crippen LogP contribution is 2.15. The van der Waals surface area contributed by atoms with E-state index in [1.807, 2.05) is 0 Å². The van der Waals surface area contributed by atoms with Gasteiger partial charge in [-0.2, -0.15) is 0 Å². The summed E-state index contributed by atoms with van der Waals surface area (Å²) in [6, 6.07) is 0. The van der Waals surface area contributed by atoms with Crippen LogP contribution < -0.4 is 0 Å². The summed E-state index contributed by atoms with van der Waals surface area (Å²) in [5, 5.41) is 0. The zero-order chi connectivity index (χ0) is 50.7. The Morgan fingerprint density at radius 1 is 0.300 bits per heavy atom. The summed E-state index contributed by atoms with van der Waals surface area (Å²) in [6.45, 7) is 6.44. The first kappa shape index (κ1) is 66.6. The van der Waals surface area contributed by atoms with Crippen LogP contribution in [0, 0.1) is 0 Å². The van der Waals surface area contributed by atoms with E-state index in [4.69, 9.17) is 14.2 Å². The van der Waals surface area contributed by atoms with Gasteiger partial charge in [-0.15, -0.1) is 0 Å². The molecule has 1 atom stereocenters. The standard InChI is InChI=1S/C64H110O6/c1-4-7-10-13-15-17-19-21-23-25-26-27-28-29-30-31-32-33-34-35-36-37-38-39-41-42-44-46-48-51-54-57-63(66)69-60-61(59-68-62(65)56-53-50-12-9-6-3)70-64(67)58-55-52-49-47-45-43-40-24-22-20-18-16-14-11-8-5-2/h7,10,15,17,21,23-24,26-27,29-30,32-33,40,61H,4-6,8-9,11-14,16,18-20,22,25,28,31,34-39,41-60H2,1-3H3/b10-7-,17-15-,23-21-,27-26-,30-29-,33-32-,40-24-. The van der Waals surface area contributed by atoms with Crippen molar-refractivity contribution in [3.05, 3.63) is 85.1 Å². The van der Waals surface area contributed by atoms with Gasteiger partial charge in [-0.25, -0.2) is 0 Å². The molecule has 0 fully saturated rings. The van der Waals surface area contributed by atoms with Gasteiger partial charge in [0.25, 0.3) is 0 Å². The number of hydrogen-bond acceptors (Lipinski definition) is 6. The van der Waals surface area contributed by atoms with Gasteiger partial charge in [0, 0.05) is 19.3 Å². The molecular formula is C64H110O6. The van der Waals surface area contributed by atoms with Crippen LogP contribution in [0.4, 0.5) is 0 Å². The van der Waals surface area contributed by atoms with E-state index in [-0.39, 0.29) is 31.1 Å². The zero-order valence-corrected chi connectivity index (χ0v) is 46.0. The van der Waals surface area contributed by atoms with Gasteiger partial charge in [-0.3, -0.25) is 14.4 Å². The van der Waals surface area contributed by atoms with Crippen molar-refractivity contribution in [3.8, 4) is 0 Å². The molecule has 0 aliphatic carbocycles. The summed E-state index contributed by atoms with van der Waals surface area (Å²) < 4.78 is 16.7. The quantitative estimate of drug-likeness (QED) is 0.0261. The molecule has 6 nitrogen and oxygen atoms in total. The lowest BCUT2D eigenvalue weighted by atomic mass is 10.0. The fourth-order valence-corrected chi connectivity index (χ4v) is 8.21. The molecule has 0 saturated carbocycles. The fourth-order valence-electron chi connectivity index (χ4n) is 8.21. The van der Waals surface area contributed by atoms with Crippen molar-refractivity contribution < 1.29 is 28.6 Å². The van der Waals surface area contributed by atoms with Crippen molar-refractivity contribution in [1.29, 1.82) is 0 Å². The molecule has 6 heteroatoms. The van der Waals surface area contributed by atoms with E-state index in [2.05, 4.69) is 106 Å². The van der Waals surface area contributed by atoms with Crippen LogP contribution in [0.15, 0.2) is 85.1 Å². The minimum absolute atomic E-state index is 0.0790. The molecule has 0 aromatic heterocycles. The number of ether oxygens (including phenoxy) is 3. The maximum atomic E-state index is 12.8.